The molecule has 3 heterocycles. The van der Waals surface area contributed by atoms with E-state index in [0.717, 1.165) is 45.1 Å². The Labute approximate surface area is 184 Å². The highest BCUT2D eigenvalue weighted by Crippen LogP contribution is 2.34. The van der Waals surface area contributed by atoms with E-state index in [1.165, 1.54) is 0 Å². The first-order chi connectivity index (χ1) is 14.6. The number of aliphatic imine (C=N–C) groups is 1. The lowest BCUT2D eigenvalue weighted by molar-refractivity contribution is -0.143. The average molecular weight is 467 g/mol. The summed E-state index contributed by atoms with van der Waals surface area (Å²) < 4.78 is 8.35. The van der Waals surface area contributed by atoms with Gasteiger partial charge in [0.2, 0.25) is 0 Å². The molecule has 1 aliphatic rings. The average Bonchev–Trinajstić information content (AvgIpc) is 3.07. The lowest BCUT2D eigenvalue weighted by atomic mass is 10.0. The van der Waals surface area contributed by atoms with Crippen LogP contribution in [0, 0.1) is 6.92 Å². The van der Waals surface area contributed by atoms with Gasteiger partial charge in [-0.15, -0.1) is 0 Å². The van der Waals surface area contributed by atoms with Crippen molar-refractivity contribution in [3.05, 3.63) is 76.0 Å². The van der Waals surface area contributed by atoms with Gasteiger partial charge in [0.1, 0.15) is 11.9 Å². The number of hydrogen-bond donors (Lipinski definition) is 0. The summed E-state index contributed by atoms with van der Waals surface area (Å²) in [5.41, 5.74) is 4.58. The molecule has 4 rings (SSSR count). The molecule has 30 heavy (non-hydrogen) atoms. The Morgan fingerprint density at radius 2 is 2.10 bits per heavy atom. The lowest BCUT2D eigenvalue weighted by Gasteiger charge is -2.14. The zero-order chi connectivity index (χ0) is 21.1. The van der Waals surface area contributed by atoms with E-state index in [2.05, 4.69) is 42.6 Å². The predicted octanol–water partition coefficient (Wildman–Crippen LogP) is 4.96. The molecule has 7 heteroatoms. The second kappa shape index (κ2) is 8.92. The van der Waals surface area contributed by atoms with Crippen LogP contribution in [0.15, 0.2) is 58.3 Å². The SMILES string of the molecule is CCCOC(=O)CC[C@@H]1N=C(c2ccccn2)c2cc(Br)ccc2-n2c(C)cnc21. The monoisotopic (exact) mass is 466 g/mol. The molecule has 6 nitrogen and oxygen atoms in total. The lowest BCUT2D eigenvalue weighted by Crippen LogP contribution is -2.11. The maximum Gasteiger partial charge on any atom is 0.305 e. The second-order valence-corrected chi connectivity index (χ2v) is 8.14. The summed E-state index contributed by atoms with van der Waals surface area (Å²) in [5.74, 6) is 0.621. The number of aryl methyl sites for hydroxylation is 1. The van der Waals surface area contributed by atoms with Crippen molar-refractivity contribution in [1.29, 1.82) is 0 Å². The van der Waals surface area contributed by atoms with E-state index in [4.69, 9.17) is 9.73 Å². The summed E-state index contributed by atoms with van der Waals surface area (Å²) >= 11 is 3.59. The first-order valence-corrected chi connectivity index (χ1v) is 10.9. The van der Waals surface area contributed by atoms with Crippen molar-refractivity contribution < 1.29 is 9.53 Å². The molecule has 1 atom stereocenters. The van der Waals surface area contributed by atoms with E-state index >= 15 is 0 Å². The Kier molecular flexibility index (Phi) is 6.08. The Morgan fingerprint density at radius 1 is 1.23 bits per heavy atom. The number of benzene rings is 1. The zero-order valence-corrected chi connectivity index (χ0v) is 18.6. The maximum atomic E-state index is 12.1. The van der Waals surface area contributed by atoms with E-state index in [-0.39, 0.29) is 18.4 Å². The van der Waals surface area contributed by atoms with Gasteiger partial charge < -0.3 is 4.74 Å². The van der Waals surface area contributed by atoms with Crippen molar-refractivity contribution in [2.24, 2.45) is 4.99 Å². The van der Waals surface area contributed by atoms with Gasteiger partial charge in [-0.05, 0) is 50.1 Å². The summed E-state index contributed by atoms with van der Waals surface area (Å²) in [7, 11) is 0. The van der Waals surface area contributed by atoms with Gasteiger partial charge in [0.25, 0.3) is 0 Å². The number of esters is 1. The number of carbonyl (C=O) groups excluding carboxylic acids is 1. The fourth-order valence-corrected chi connectivity index (χ4v) is 3.98. The van der Waals surface area contributed by atoms with Crippen LogP contribution in [-0.2, 0) is 9.53 Å². The van der Waals surface area contributed by atoms with Gasteiger partial charge in [-0.25, -0.2) is 4.98 Å². The quantitative estimate of drug-likeness (QED) is 0.481. The van der Waals surface area contributed by atoms with Crippen LogP contribution in [0.3, 0.4) is 0 Å². The van der Waals surface area contributed by atoms with E-state index in [9.17, 15) is 4.79 Å². The number of ether oxygens (including phenoxy) is 1. The topological polar surface area (TPSA) is 69.4 Å². The molecule has 0 fully saturated rings. The summed E-state index contributed by atoms with van der Waals surface area (Å²) in [6.07, 6.45) is 5.23. The number of carbonyl (C=O) groups is 1. The van der Waals surface area contributed by atoms with Crippen LogP contribution in [0.25, 0.3) is 5.69 Å². The molecule has 0 radical (unpaired) electrons. The van der Waals surface area contributed by atoms with Gasteiger partial charge in [-0.1, -0.05) is 28.9 Å². The van der Waals surface area contributed by atoms with Crippen LogP contribution in [0.2, 0.25) is 0 Å². The molecule has 0 saturated carbocycles. The summed E-state index contributed by atoms with van der Waals surface area (Å²) in [4.78, 5) is 26.4. The van der Waals surface area contributed by atoms with Crippen molar-refractivity contribution in [3.8, 4) is 5.69 Å². The van der Waals surface area contributed by atoms with E-state index in [0.29, 0.717) is 13.0 Å². The minimum absolute atomic E-state index is 0.203. The number of nitrogens with zero attached hydrogens (tertiary/aromatic N) is 4. The Morgan fingerprint density at radius 3 is 2.87 bits per heavy atom. The second-order valence-electron chi connectivity index (χ2n) is 7.22. The highest BCUT2D eigenvalue weighted by molar-refractivity contribution is 9.10. The van der Waals surface area contributed by atoms with Crippen LogP contribution in [0.4, 0.5) is 0 Å². The summed E-state index contributed by atoms with van der Waals surface area (Å²) in [6, 6.07) is 11.7. The highest BCUT2D eigenvalue weighted by atomic mass is 79.9. The molecule has 154 valence electrons. The molecular weight excluding hydrogens is 444 g/mol. The Bertz CT molecular complexity index is 1090. The molecule has 0 spiro atoms. The van der Waals surface area contributed by atoms with E-state index in [1.807, 2.05) is 44.3 Å². The highest BCUT2D eigenvalue weighted by Gasteiger charge is 2.28. The third-order valence-electron chi connectivity index (χ3n) is 5.00. The van der Waals surface area contributed by atoms with Crippen molar-refractivity contribution in [2.45, 2.75) is 39.2 Å². The first-order valence-electron chi connectivity index (χ1n) is 10.1. The van der Waals surface area contributed by atoms with E-state index < -0.39 is 0 Å². The van der Waals surface area contributed by atoms with Gasteiger partial charge in [0.05, 0.1) is 23.7 Å². The van der Waals surface area contributed by atoms with Crippen LogP contribution in [0.1, 0.15) is 55.0 Å². The normalized spacial score (nSPS) is 15.0. The molecule has 1 aromatic carbocycles. The number of aromatic nitrogens is 3. The fraction of sp³-hybridized carbons (Fsp3) is 0.304. The fourth-order valence-electron chi connectivity index (χ4n) is 3.62. The van der Waals surface area contributed by atoms with Crippen LogP contribution >= 0.6 is 15.9 Å². The molecule has 3 aromatic rings. The maximum absolute atomic E-state index is 12.1. The first kappa shape index (κ1) is 20.5. The number of pyridine rings is 1. The molecular formula is C23H23BrN4O2. The van der Waals surface area contributed by atoms with Crippen molar-refractivity contribution >= 4 is 27.6 Å². The third-order valence-corrected chi connectivity index (χ3v) is 5.49. The number of halogens is 1. The van der Waals surface area contributed by atoms with Crippen molar-refractivity contribution in [3.63, 3.8) is 0 Å². The van der Waals surface area contributed by atoms with Crippen LogP contribution in [0.5, 0.6) is 0 Å². The molecule has 0 amide bonds. The van der Waals surface area contributed by atoms with Crippen molar-refractivity contribution in [2.75, 3.05) is 6.61 Å². The molecule has 2 aromatic heterocycles. The third kappa shape index (κ3) is 4.07. The summed E-state index contributed by atoms with van der Waals surface area (Å²) in [5, 5.41) is 0. The van der Waals surface area contributed by atoms with Gasteiger partial charge in [0, 0.05) is 34.5 Å². The smallest absolute Gasteiger partial charge is 0.305 e. The molecule has 0 N–H and O–H groups in total. The van der Waals surface area contributed by atoms with Gasteiger partial charge >= 0.3 is 5.97 Å². The van der Waals surface area contributed by atoms with Crippen LogP contribution < -0.4 is 0 Å². The Hall–Kier alpha value is -2.80. The standard InChI is InChI=1S/C23H23BrN4O2/c1-3-12-30-21(29)10-8-19-23-26-14-15(2)28(23)20-9-7-16(24)13-17(20)22(27-19)18-6-4-5-11-25-18/h4-7,9,11,13-14,19H,3,8,10,12H2,1-2H3/t19-/m0/s1. The molecule has 1 aliphatic heterocycles. The Balaban J connectivity index is 1.82. The van der Waals surface area contributed by atoms with E-state index in [1.54, 1.807) is 6.20 Å². The number of imidazole rings is 1. The number of rotatable bonds is 6. The predicted molar refractivity (Wildman–Crippen MR) is 119 cm³/mol. The minimum Gasteiger partial charge on any atom is -0.466 e. The van der Waals surface area contributed by atoms with Gasteiger partial charge in [-0.2, -0.15) is 0 Å². The van der Waals surface area contributed by atoms with Crippen LogP contribution in [-0.4, -0.2) is 32.8 Å². The minimum atomic E-state index is -0.281. The molecule has 0 bridgehead atoms. The molecule has 0 unspecified atom stereocenters. The van der Waals surface area contributed by atoms with Gasteiger partial charge in [-0.3, -0.25) is 19.3 Å². The molecule has 0 saturated heterocycles. The molecule has 0 aliphatic carbocycles. The zero-order valence-electron chi connectivity index (χ0n) is 17.0. The summed E-state index contributed by atoms with van der Waals surface area (Å²) in [6.45, 7) is 4.46. The van der Waals surface area contributed by atoms with Crippen molar-refractivity contribution in [1.82, 2.24) is 14.5 Å². The number of fused-ring (bicyclic) bond motifs is 3. The largest absolute Gasteiger partial charge is 0.466 e. The van der Waals surface area contributed by atoms with Gasteiger partial charge in [0.15, 0.2) is 0 Å². The number of hydrogen-bond acceptors (Lipinski definition) is 5.